The average molecular weight is 423 g/mol. The lowest BCUT2D eigenvalue weighted by Crippen LogP contribution is -2.62. The molecule has 1 aromatic rings. The molecule has 0 bridgehead atoms. The molecule has 2 saturated carbocycles. The van der Waals surface area contributed by atoms with E-state index < -0.39 is 42.8 Å². The molecular formula is C20H23F6NO2. The quantitative estimate of drug-likeness (QED) is 0.670. The van der Waals surface area contributed by atoms with Crippen molar-refractivity contribution in [3.05, 3.63) is 35.4 Å². The molecule has 2 aliphatic carbocycles. The van der Waals surface area contributed by atoms with E-state index in [1.807, 2.05) is 12.1 Å². The van der Waals surface area contributed by atoms with Crippen molar-refractivity contribution in [3.63, 3.8) is 0 Å². The van der Waals surface area contributed by atoms with Gasteiger partial charge in [-0.2, -0.15) is 26.3 Å². The maximum absolute atomic E-state index is 13.0. The molecule has 9 heteroatoms. The first-order chi connectivity index (χ1) is 13.4. The Hall–Kier alpha value is -1.77. The summed E-state index contributed by atoms with van der Waals surface area (Å²) < 4.78 is 78.2. The van der Waals surface area contributed by atoms with Crippen molar-refractivity contribution in [3.8, 4) is 0 Å². The third kappa shape index (κ3) is 4.54. The lowest BCUT2D eigenvalue weighted by atomic mass is 9.74. The SMILES string of the molecule is O=C(NC1CCC(C(O)(C(F)(F)F)C(F)(F)F)CC1)c1ccccc1CC1CC1. The number of nitrogens with one attached hydrogen (secondary N) is 1. The Morgan fingerprint density at radius 2 is 1.48 bits per heavy atom. The summed E-state index contributed by atoms with van der Waals surface area (Å²) in [6.07, 6.45) is -9.70. The first-order valence-electron chi connectivity index (χ1n) is 9.68. The van der Waals surface area contributed by atoms with Gasteiger partial charge in [0.2, 0.25) is 0 Å². The number of alkyl halides is 6. The third-order valence-electron chi connectivity index (χ3n) is 5.99. The van der Waals surface area contributed by atoms with Crippen molar-refractivity contribution >= 4 is 5.91 Å². The van der Waals surface area contributed by atoms with Crippen LogP contribution in [0.2, 0.25) is 0 Å². The molecule has 0 heterocycles. The van der Waals surface area contributed by atoms with Gasteiger partial charge in [0.05, 0.1) is 0 Å². The Bertz CT molecular complexity index is 719. The molecule has 1 amide bonds. The van der Waals surface area contributed by atoms with E-state index in [1.165, 1.54) is 0 Å². The second-order valence-electron chi connectivity index (χ2n) is 8.09. The molecule has 0 aliphatic heterocycles. The number of rotatable bonds is 5. The molecule has 0 radical (unpaired) electrons. The van der Waals surface area contributed by atoms with Crippen LogP contribution in [0.25, 0.3) is 0 Å². The van der Waals surface area contributed by atoms with Gasteiger partial charge in [0.15, 0.2) is 0 Å². The Kier molecular flexibility index (Phi) is 5.91. The Morgan fingerprint density at radius 3 is 2.00 bits per heavy atom. The molecule has 2 fully saturated rings. The molecule has 0 aromatic heterocycles. The second-order valence-corrected chi connectivity index (χ2v) is 8.09. The van der Waals surface area contributed by atoms with Crippen LogP contribution in [-0.2, 0) is 6.42 Å². The van der Waals surface area contributed by atoms with Crippen molar-refractivity contribution in [2.45, 2.75) is 68.9 Å². The van der Waals surface area contributed by atoms with Crippen LogP contribution in [0.3, 0.4) is 0 Å². The van der Waals surface area contributed by atoms with Crippen LogP contribution in [0.4, 0.5) is 26.3 Å². The zero-order valence-corrected chi connectivity index (χ0v) is 15.6. The number of carbonyl (C=O) groups is 1. The number of halogens is 6. The Morgan fingerprint density at radius 1 is 0.931 bits per heavy atom. The summed E-state index contributed by atoms with van der Waals surface area (Å²) in [5.74, 6) is -1.80. The fourth-order valence-corrected chi connectivity index (χ4v) is 4.10. The Balaban J connectivity index is 1.63. The molecule has 1 aromatic carbocycles. The monoisotopic (exact) mass is 423 g/mol. The third-order valence-corrected chi connectivity index (χ3v) is 5.99. The number of hydrogen-bond donors (Lipinski definition) is 2. The van der Waals surface area contributed by atoms with Crippen LogP contribution >= 0.6 is 0 Å². The van der Waals surface area contributed by atoms with E-state index in [0.717, 1.165) is 24.8 Å². The van der Waals surface area contributed by atoms with Crippen molar-refractivity contribution < 1.29 is 36.2 Å². The number of carbonyl (C=O) groups excluding carboxylic acids is 1. The number of amides is 1. The highest BCUT2D eigenvalue weighted by molar-refractivity contribution is 5.95. The molecule has 0 saturated heterocycles. The topological polar surface area (TPSA) is 49.3 Å². The van der Waals surface area contributed by atoms with Gasteiger partial charge in [-0.3, -0.25) is 4.79 Å². The standard InChI is InChI=1S/C20H23F6NO2/c21-19(22,23)18(29,20(24,25)26)14-7-9-15(10-8-14)27-17(28)16-4-2-1-3-13(16)11-12-5-6-12/h1-4,12,14-15,29H,5-11H2,(H,27,28). The maximum atomic E-state index is 13.0. The molecule has 2 aliphatic rings. The van der Waals surface area contributed by atoms with E-state index >= 15 is 0 Å². The van der Waals surface area contributed by atoms with Gasteiger partial charge < -0.3 is 10.4 Å². The summed E-state index contributed by atoms with van der Waals surface area (Å²) in [5, 5.41) is 12.3. The van der Waals surface area contributed by atoms with Crippen LogP contribution in [0.5, 0.6) is 0 Å². The first kappa shape index (κ1) is 21.9. The highest BCUT2D eigenvalue weighted by Gasteiger charge is 2.73. The normalized spacial score (nSPS) is 23.7. The van der Waals surface area contributed by atoms with Gasteiger partial charge in [0.1, 0.15) is 0 Å². The minimum atomic E-state index is -5.81. The molecule has 0 atom stereocenters. The Labute approximate surface area is 164 Å². The highest BCUT2D eigenvalue weighted by atomic mass is 19.4. The number of benzene rings is 1. The molecule has 29 heavy (non-hydrogen) atoms. The predicted molar refractivity (Wildman–Crippen MR) is 93.1 cm³/mol. The largest absolute Gasteiger partial charge is 0.426 e. The molecule has 3 rings (SSSR count). The minimum Gasteiger partial charge on any atom is -0.373 e. The summed E-state index contributed by atoms with van der Waals surface area (Å²) in [6, 6.07) is 6.55. The van der Waals surface area contributed by atoms with Gasteiger partial charge in [0.25, 0.3) is 11.5 Å². The van der Waals surface area contributed by atoms with E-state index in [-0.39, 0.29) is 18.7 Å². The summed E-state index contributed by atoms with van der Waals surface area (Å²) in [4.78, 5) is 12.6. The van der Waals surface area contributed by atoms with Gasteiger partial charge in [-0.15, -0.1) is 0 Å². The maximum Gasteiger partial charge on any atom is 0.426 e. The van der Waals surface area contributed by atoms with Crippen molar-refractivity contribution in [1.29, 1.82) is 0 Å². The van der Waals surface area contributed by atoms with E-state index in [1.54, 1.807) is 12.1 Å². The van der Waals surface area contributed by atoms with Crippen LogP contribution in [0.1, 0.15) is 54.4 Å². The van der Waals surface area contributed by atoms with Crippen molar-refractivity contribution in [2.75, 3.05) is 0 Å². The van der Waals surface area contributed by atoms with Gasteiger partial charge >= 0.3 is 12.4 Å². The minimum absolute atomic E-state index is 0.0599. The van der Waals surface area contributed by atoms with Crippen molar-refractivity contribution in [2.24, 2.45) is 11.8 Å². The van der Waals surface area contributed by atoms with Crippen LogP contribution < -0.4 is 5.32 Å². The fraction of sp³-hybridized carbons (Fsp3) is 0.650. The van der Waals surface area contributed by atoms with E-state index in [2.05, 4.69) is 5.32 Å². The second kappa shape index (κ2) is 7.81. The van der Waals surface area contributed by atoms with E-state index in [9.17, 15) is 36.2 Å². The molecule has 2 N–H and O–H groups in total. The van der Waals surface area contributed by atoms with Crippen LogP contribution in [0, 0.1) is 11.8 Å². The van der Waals surface area contributed by atoms with Gasteiger partial charge in [-0.1, -0.05) is 18.2 Å². The lowest BCUT2D eigenvalue weighted by molar-refractivity contribution is -0.387. The fourth-order valence-electron chi connectivity index (χ4n) is 4.10. The zero-order chi connectivity index (χ0) is 21.4. The predicted octanol–water partition coefficient (Wildman–Crippen LogP) is 4.78. The summed E-state index contributed by atoms with van der Waals surface area (Å²) in [5.41, 5.74) is -3.35. The summed E-state index contributed by atoms with van der Waals surface area (Å²) in [6.45, 7) is 0. The summed E-state index contributed by atoms with van der Waals surface area (Å²) >= 11 is 0. The molecule has 0 spiro atoms. The van der Waals surface area contributed by atoms with Gasteiger partial charge in [0, 0.05) is 17.5 Å². The van der Waals surface area contributed by atoms with Crippen LogP contribution in [-0.4, -0.2) is 35.0 Å². The lowest BCUT2D eigenvalue weighted by Gasteiger charge is -2.42. The number of hydrogen-bond acceptors (Lipinski definition) is 2. The summed E-state index contributed by atoms with van der Waals surface area (Å²) in [7, 11) is 0. The molecular weight excluding hydrogens is 400 g/mol. The van der Waals surface area contributed by atoms with Gasteiger partial charge in [-0.25, -0.2) is 0 Å². The van der Waals surface area contributed by atoms with Crippen molar-refractivity contribution in [1.82, 2.24) is 5.32 Å². The van der Waals surface area contributed by atoms with Gasteiger partial charge in [-0.05, 0) is 62.5 Å². The number of aliphatic hydroxyl groups is 1. The average Bonchev–Trinajstić information content (AvgIpc) is 3.44. The van der Waals surface area contributed by atoms with Crippen LogP contribution in [0.15, 0.2) is 24.3 Å². The molecule has 162 valence electrons. The molecule has 0 unspecified atom stereocenters. The smallest absolute Gasteiger partial charge is 0.373 e. The first-order valence-corrected chi connectivity index (χ1v) is 9.68. The highest BCUT2D eigenvalue weighted by Crippen LogP contribution is 2.51. The van der Waals surface area contributed by atoms with E-state index in [0.29, 0.717) is 11.5 Å². The zero-order valence-electron chi connectivity index (χ0n) is 15.6. The molecule has 3 nitrogen and oxygen atoms in total. The van der Waals surface area contributed by atoms with E-state index in [4.69, 9.17) is 0 Å².